The zero-order chi connectivity index (χ0) is 15.5. The number of para-hydroxylation sites is 1. The second kappa shape index (κ2) is 6.11. The van der Waals surface area contributed by atoms with Crippen LogP contribution in [0.1, 0.15) is 26.2 Å². The average Bonchev–Trinajstić information content (AvgIpc) is 2.91. The monoisotopic (exact) mass is 295 g/mol. The highest BCUT2D eigenvalue weighted by atomic mass is 19.1. The summed E-state index contributed by atoms with van der Waals surface area (Å²) in [4.78, 5) is 25.1. The smallest absolute Gasteiger partial charge is 0.329 e. The number of carbonyl (C=O) groups excluding carboxylic acids is 1. The van der Waals surface area contributed by atoms with Crippen molar-refractivity contribution in [1.29, 1.82) is 0 Å². The third-order valence-electron chi connectivity index (χ3n) is 3.96. The first-order valence-corrected chi connectivity index (χ1v) is 6.92. The summed E-state index contributed by atoms with van der Waals surface area (Å²) >= 11 is 0. The molecule has 6 heteroatoms. The molecule has 0 aliphatic carbocycles. The maximum Gasteiger partial charge on any atom is 0.329 e. The van der Waals surface area contributed by atoms with Crippen molar-refractivity contribution in [1.82, 2.24) is 4.90 Å². The summed E-state index contributed by atoms with van der Waals surface area (Å²) in [6, 6.07) is 5.80. The molecule has 2 rings (SSSR count). The highest BCUT2D eigenvalue weighted by molar-refractivity contribution is 5.88. The number of hydrogen-bond acceptors (Lipinski definition) is 3. The van der Waals surface area contributed by atoms with Gasteiger partial charge in [-0.05, 0) is 31.4 Å². The average molecular weight is 295 g/mol. The normalized spacial score (nSPS) is 21.3. The van der Waals surface area contributed by atoms with Gasteiger partial charge in [-0.25, -0.2) is 9.18 Å². The minimum absolute atomic E-state index is 0.0116. The van der Waals surface area contributed by atoms with Crippen molar-refractivity contribution in [3.05, 3.63) is 30.1 Å². The first-order chi connectivity index (χ1) is 10.0. The van der Waals surface area contributed by atoms with E-state index < -0.39 is 23.2 Å². The molecule has 0 saturated carbocycles. The molecule has 5 nitrogen and oxygen atoms in total. The van der Waals surface area contributed by atoms with Crippen LogP contribution in [0.2, 0.25) is 0 Å². The molecule has 1 atom stereocenters. The molecule has 1 unspecified atom stereocenters. The van der Waals surface area contributed by atoms with Crippen molar-refractivity contribution in [2.45, 2.75) is 31.7 Å². The molecule has 0 spiro atoms. The topological polar surface area (TPSA) is 66.8 Å². The van der Waals surface area contributed by atoms with Crippen molar-refractivity contribution >= 4 is 11.9 Å². The summed E-state index contributed by atoms with van der Waals surface area (Å²) in [6.45, 7) is 1.77. The van der Waals surface area contributed by atoms with Crippen LogP contribution in [0, 0.1) is 5.82 Å². The molecular formula is C15H18FNO4. The molecule has 114 valence electrons. The Morgan fingerprint density at radius 3 is 2.76 bits per heavy atom. The number of nitrogens with zero attached hydrogens (tertiary/aromatic N) is 1. The molecule has 1 N–H and O–H groups in total. The molecule has 1 amide bonds. The van der Waals surface area contributed by atoms with Gasteiger partial charge in [0.2, 0.25) is 0 Å². The summed E-state index contributed by atoms with van der Waals surface area (Å²) in [6.07, 6.45) is 1.42. The number of rotatable bonds is 5. The van der Waals surface area contributed by atoms with Crippen molar-refractivity contribution < 1.29 is 23.8 Å². The molecule has 1 aliphatic heterocycles. The SMILES string of the molecule is CCC1(C(=O)O)CCCN1C(=O)COc1ccccc1F. The minimum atomic E-state index is -1.16. The number of carboxylic acids is 1. The third-order valence-corrected chi connectivity index (χ3v) is 3.96. The number of likely N-dealkylation sites (tertiary alicyclic amines) is 1. The Labute approximate surface area is 122 Å². The van der Waals surface area contributed by atoms with Gasteiger partial charge in [0.1, 0.15) is 5.54 Å². The standard InChI is InChI=1S/C15H18FNO4/c1-2-15(14(19)20)8-5-9-17(15)13(18)10-21-12-7-4-3-6-11(12)16/h3-4,6-7H,2,5,8-10H2,1H3,(H,19,20). The van der Waals surface area contributed by atoms with Crippen molar-refractivity contribution in [3.8, 4) is 5.75 Å². The van der Waals surface area contributed by atoms with E-state index in [4.69, 9.17) is 4.74 Å². The van der Waals surface area contributed by atoms with E-state index in [1.807, 2.05) is 0 Å². The fraction of sp³-hybridized carbons (Fsp3) is 0.467. The van der Waals surface area contributed by atoms with E-state index in [1.165, 1.54) is 23.1 Å². The number of halogens is 1. The van der Waals surface area contributed by atoms with Gasteiger partial charge in [-0.2, -0.15) is 0 Å². The van der Waals surface area contributed by atoms with Gasteiger partial charge in [0.05, 0.1) is 0 Å². The predicted octanol–water partition coefficient (Wildman–Crippen LogP) is 2.06. The molecule has 1 heterocycles. The van der Waals surface area contributed by atoms with E-state index in [0.29, 0.717) is 25.8 Å². The Bertz CT molecular complexity index is 548. The van der Waals surface area contributed by atoms with Crippen molar-refractivity contribution in [2.24, 2.45) is 0 Å². The summed E-state index contributed by atoms with van der Waals surface area (Å²) in [5.41, 5.74) is -1.16. The Morgan fingerprint density at radius 2 is 2.14 bits per heavy atom. The lowest BCUT2D eigenvalue weighted by Gasteiger charge is -2.33. The van der Waals surface area contributed by atoms with E-state index >= 15 is 0 Å². The van der Waals surface area contributed by atoms with E-state index in [9.17, 15) is 19.1 Å². The molecule has 21 heavy (non-hydrogen) atoms. The number of carboxylic acid groups (broad SMARTS) is 1. The van der Waals surface area contributed by atoms with Crippen LogP contribution < -0.4 is 4.74 Å². The summed E-state index contributed by atoms with van der Waals surface area (Å²) in [5.74, 6) is -1.99. The van der Waals surface area contributed by atoms with Crippen molar-refractivity contribution in [3.63, 3.8) is 0 Å². The molecule has 1 aromatic carbocycles. The third kappa shape index (κ3) is 2.84. The van der Waals surface area contributed by atoms with Gasteiger partial charge in [-0.15, -0.1) is 0 Å². The lowest BCUT2D eigenvalue weighted by molar-refractivity contribution is -0.157. The fourth-order valence-electron chi connectivity index (χ4n) is 2.76. The molecule has 1 aromatic rings. The summed E-state index contributed by atoms with van der Waals surface area (Å²) in [7, 11) is 0. The number of carbonyl (C=O) groups is 2. The summed E-state index contributed by atoms with van der Waals surface area (Å²) < 4.78 is 18.6. The highest BCUT2D eigenvalue weighted by Gasteiger charge is 2.48. The zero-order valence-electron chi connectivity index (χ0n) is 11.8. The van der Waals surface area contributed by atoms with Gasteiger partial charge >= 0.3 is 5.97 Å². The van der Waals surface area contributed by atoms with Crippen LogP contribution in [0.25, 0.3) is 0 Å². The first kappa shape index (κ1) is 15.3. The van der Waals surface area contributed by atoms with E-state index in [-0.39, 0.29) is 12.4 Å². The number of amides is 1. The molecular weight excluding hydrogens is 277 g/mol. The van der Waals surface area contributed by atoms with Gasteiger partial charge in [-0.3, -0.25) is 4.79 Å². The van der Waals surface area contributed by atoms with Crippen molar-refractivity contribution in [2.75, 3.05) is 13.2 Å². The highest BCUT2D eigenvalue weighted by Crippen LogP contribution is 2.33. The van der Waals surface area contributed by atoms with Crippen LogP contribution in [0.4, 0.5) is 4.39 Å². The predicted molar refractivity (Wildman–Crippen MR) is 73.5 cm³/mol. The fourth-order valence-corrected chi connectivity index (χ4v) is 2.76. The number of ether oxygens (including phenoxy) is 1. The number of aliphatic carboxylic acids is 1. The van der Waals surface area contributed by atoms with E-state index in [1.54, 1.807) is 13.0 Å². The Balaban J connectivity index is 2.06. The number of hydrogen-bond donors (Lipinski definition) is 1. The van der Waals surface area contributed by atoms with Crippen LogP contribution >= 0.6 is 0 Å². The Morgan fingerprint density at radius 1 is 1.43 bits per heavy atom. The molecule has 0 aromatic heterocycles. The van der Waals surface area contributed by atoms with Gasteiger partial charge < -0.3 is 14.7 Å². The largest absolute Gasteiger partial charge is 0.481 e. The second-order valence-electron chi connectivity index (χ2n) is 5.06. The Hall–Kier alpha value is -2.11. The summed E-state index contributed by atoms with van der Waals surface area (Å²) in [5, 5.41) is 9.42. The van der Waals surface area contributed by atoms with Crippen LogP contribution in [-0.4, -0.2) is 40.6 Å². The lowest BCUT2D eigenvalue weighted by atomic mass is 9.93. The Kier molecular flexibility index (Phi) is 4.45. The molecule has 1 fully saturated rings. The maximum atomic E-state index is 13.4. The van der Waals surface area contributed by atoms with E-state index in [0.717, 1.165) is 0 Å². The lowest BCUT2D eigenvalue weighted by Crippen LogP contribution is -2.53. The van der Waals surface area contributed by atoms with Gasteiger partial charge in [0.25, 0.3) is 5.91 Å². The quantitative estimate of drug-likeness (QED) is 0.903. The maximum absolute atomic E-state index is 13.4. The van der Waals surface area contributed by atoms with Gasteiger partial charge in [0.15, 0.2) is 18.2 Å². The van der Waals surface area contributed by atoms with Crippen LogP contribution in [0.3, 0.4) is 0 Å². The molecule has 1 aliphatic rings. The van der Waals surface area contributed by atoms with Gasteiger partial charge in [0, 0.05) is 6.54 Å². The van der Waals surface area contributed by atoms with Crippen LogP contribution in [0.5, 0.6) is 5.75 Å². The van der Waals surface area contributed by atoms with E-state index in [2.05, 4.69) is 0 Å². The molecule has 0 radical (unpaired) electrons. The molecule has 0 bridgehead atoms. The zero-order valence-corrected chi connectivity index (χ0v) is 11.8. The molecule has 1 saturated heterocycles. The minimum Gasteiger partial charge on any atom is -0.481 e. The first-order valence-electron chi connectivity index (χ1n) is 6.92. The van der Waals surface area contributed by atoms with Crippen LogP contribution in [-0.2, 0) is 9.59 Å². The van der Waals surface area contributed by atoms with Crippen LogP contribution in [0.15, 0.2) is 24.3 Å². The van der Waals surface area contributed by atoms with Gasteiger partial charge in [-0.1, -0.05) is 19.1 Å². The second-order valence-corrected chi connectivity index (χ2v) is 5.06. The number of benzene rings is 1.